The number of carbonyl (C=O) groups is 2. The number of aliphatic hydroxyl groups is 1. The van der Waals surface area contributed by atoms with Crippen LogP contribution in [0.15, 0.2) is 78.9 Å². The highest BCUT2D eigenvalue weighted by Gasteiger charge is 2.29. The monoisotopic (exact) mass is 585 g/mol. The van der Waals surface area contributed by atoms with Gasteiger partial charge in [-0.3, -0.25) is 4.79 Å². The molecule has 0 aliphatic heterocycles. The van der Waals surface area contributed by atoms with E-state index in [0.717, 1.165) is 11.1 Å². The number of aliphatic hydroxyl groups excluding tert-OH is 1. The number of rotatable bonds is 12. The van der Waals surface area contributed by atoms with Crippen molar-refractivity contribution in [2.75, 3.05) is 6.61 Å². The number of aromatic nitrogens is 6. The van der Waals surface area contributed by atoms with E-state index in [2.05, 4.69) is 31.0 Å². The van der Waals surface area contributed by atoms with E-state index in [1.165, 1.54) is 16.8 Å². The zero-order valence-corrected chi connectivity index (χ0v) is 23.0. The van der Waals surface area contributed by atoms with Crippen molar-refractivity contribution in [3.05, 3.63) is 102 Å². The van der Waals surface area contributed by atoms with E-state index in [1.54, 1.807) is 49.4 Å². The van der Waals surface area contributed by atoms with Crippen LogP contribution >= 0.6 is 0 Å². The summed E-state index contributed by atoms with van der Waals surface area (Å²) in [4.78, 5) is 24.7. The van der Waals surface area contributed by atoms with Gasteiger partial charge in [0.2, 0.25) is 11.7 Å². The highest BCUT2D eigenvalue weighted by Crippen LogP contribution is 2.31. The summed E-state index contributed by atoms with van der Waals surface area (Å²) in [6.07, 6.45) is -1.78. The molecule has 0 spiro atoms. The third-order valence-electron chi connectivity index (χ3n) is 6.71. The molecule has 0 bridgehead atoms. The molecule has 0 saturated heterocycles. The first-order valence-corrected chi connectivity index (χ1v) is 13.4. The Kier molecular flexibility index (Phi) is 8.82. The SMILES string of the molecule is CCOc1cc(C(=O)NC(Cc2ccccc2)C(O)C(=O)O)nn1Cc1ccc(-c2ccccc2-c2nn[nH]n2)cc1F. The number of benzene rings is 3. The van der Waals surface area contributed by atoms with Crippen molar-refractivity contribution in [3.8, 4) is 28.4 Å². The van der Waals surface area contributed by atoms with Crippen LogP contribution < -0.4 is 10.1 Å². The quantitative estimate of drug-likeness (QED) is 0.172. The summed E-state index contributed by atoms with van der Waals surface area (Å²) in [5.74, 6) is -2.09. The number of nitrogens with zero attached hydrogens (tertiary/aromatic N) is 5. The van der Waals surface area contributed by atoms with E-state index in [9.17, 15) is 19.8 Å². The lowest BCUT2D eigenvalue weighted by Crippen LogP contribution is -2.48. The molecule has 0 aliphatic rings. The number of hydrogen-bond acceptors (Lipinski definition) is 8. The Hall–Kier alpha value is -5.43. The van der Waals surface area contributed by atoms with Gasteiger partial charge in [-0.2, -0.15) is 10.3 Å². The maximum atomic E-state index is 15.4. The molecular formula is C30H28FN7O5. The largest absolute Gasteiger partial charge is 0.479 e. The molecule has 2 heterocycles. The topological polar surface area (TPSA) is 168 Å². The number of halogens is 1. The van der Waals surface area contributed by atoms with Crippen molar-refractivity contribution in [3.63, 3.8) is 0 Å². The summed E-state index contributed by atoms with van der Waals surface area (Å²) >= 11 is 0. The highest BCUT2D eigenvalue weighted by atomic mass is 19.1. The van der Waals surface area contributed by atoms with Crippen LogP contribution in [0.3, 0.4) is 0 Å². The Bertz CT molecular complexity index is 1710. The fourth-order valence-corrected chi connectivity index (χ4v) is 4.62. The van der Waals surface area contributed by atoms with Crippen LogP contribution in [-0.4, -0.2) is 71.2 Å². The van der Waals surface area contributed by atoms with E-state index in [4.69, 9.17) is 4.74 Å². The van der Waals surface area contributed by atoms with Crippen molar-refractivity contribution in [1.82, 2.24) is 35.7 Å². The molecule has 5 rings (SSSR count). The smallest absolute Gasteiger partial charge is 0.334 e. The second-order valence-corrected chi connectivity index (χ2v) is 9.60. The van der Waals surface area contributed by atoms with Gasteiger partial charge in [0.15, 0.2) is 11.8 Å². The molecule has 0 saturated carbocycles. The van der Waals surface area contributed by atoms with E-state index in [-0.39, 0.29) is 31.1 Å². The van der Waals surface area contributed by atoms with Crippen LogP contribution in [0.25, 0.3) is 22.5 Å². The van der Waals surface area contributed by atoms with Crippen molar-refractivity contribution in [2.24, 2.45) is 0 Å². The van der Waals surface area contributed by atoms with Crippen molar-refractivity contribution >= 4 is 11.9 Å². The zero-order chi connectivity index (χ0) is 30.3. The van der Waals surface area contributed by atoms with E-state index >= 15 is 4.39 Å². The molecule has 5 aromatic rings. The molecule has 0 radical (unpaired) electrons. The molecule has 0 aliphatic carbocycles. The summed E-state index contributed by atoms with van der Waals surface area (Å²) < 4.78 is 22.4. The molecule has 1 amide bonds. The summed E-state index contributed by atoms with van der Waals surface area (Å²) in [6, 6.07) is 21.2. The van der Waals surface area contributed by atoms with Gasteiger partial charge in [-0.25, -0.2) is 13.9 Å². The minimum atomic E-state index is -1.85. The predicted molar refractivity (Wildman–Crippen MR) is 153 cm³/mol. The van der Waals surface area contributed by atoms with Crippen LogP contribution in [0.5, 0.6) is 5.88 Å². The summed E-state index contributed by atoms with van der Waals surface area (Å²) in [5.41, 5.74) is 2.95. The summed E-state index contributed by atoms with van der Waals surface area (Å²) in [5, 5.41) is 40.6. The van der Waals surface area contributed by atoms with Gasteiger partial charge in [0, 0.05) is 17.2 Å². The normalized spacial score (nSPS) is 12.4. The first kappa shape index (κ1) is 29.1. The van der Waals surface area contributed by atoms with Gasteiger partial charge in [-0.15, -0.1) is 10.2 Å². The summed E-state index contributed by atoms with van der Waals surface area (Å²) in [6.45, 7) is 1.97. The Labute approximate surface area is 245 Å². The van der Waals surface area contributed by atoms with E-state index in [0.29, 0.717) is 22.5 Å². The zero-order valence-electron chi connectivity index (χ0n) is 23.0. The molecule has 3 aromatic carbocycles. The Balaban J connectivity index is 1.38. The van der Waals surface area contributed by atoms with Crippen molar-refractivity contribution < 1.29 is 28.9 Å². The second kappa shape index (κ2) is 13.0. The van der Waals surface area contributed by atoms with E-state index in [1.807, 2.05) is 24.3 Å². The first-order chi connectivity index (χ1) is 20.8. The molecular weight excluding hydrogens is 557 g/mol. The number of tetrazole rings is 1. The molecule has 2 aromatic heterocycles. The molecule has 43 heavy (non-hydrogen) atoms. The molecule has 220 valence electrons. The van der Waals surface area contributed by atoms with Crippen LogP contribution in [0.1, 0.15) is 28.5 Å². The maximum Gasteiger partial charge on any atom is 0.334 e. The number of ether oxygens (including phenoxy) is 1. The predicted octanol–water partition coefficient (Wildman–Crippen LogP) is 3.10. The minimum absolute atomic E-state index is 0.0492. The Morgan fingerprint density at radius 2 is 1.79 bits per heavy atom. The molecule has 0 fully saturated rings. The number of aromatic amines is 1. The number of nitrogens with one attached hydrogen (secondary N) is 2. The van der Waals surface area contributed by atoms with Crippen molar-refractivity contribution in [1.29, 1.82) is 0 Å². The maximum absolute atomic E-state index is 15.4. The lowest BCUT2D eigenvalue weighted by molar-refractivity contribution is -0.148. The summed E-state index contributed by atoms with van der Waals surface area (Å²) in [7, 11) is 0. The standard InChI is InChI=1S/C30H28FN7O5/c1-2-43-26-16-25(29(40)32-24(27(39)30(41)42)14-18-8-4-3-5-9-18)35-38(26)17-20-13-12-19(15-23(20)31)21-10-6-7-11-22(21)28-33-36-37-34-28/h3-13,15-16,24,27,39H,2,14,17H2,1H3,(H,32,40)(H,41,42)(H,33,34,36,37). The van der Waals surface area contributed by atoms with Gasteiger partial charge < -0.3 is 20.3 Å². The average Bonchev–Trinajstić information content (AvgIpc) is 3.69. The molecule has 2 unspecified atom stereocenters. The number of carboxylic acids is 1. The second-order valence-electron chi connectivity index (χ2n) is 9.60. The van der Waals surface area contributed by atoms with Gasteiger partial charge in [0.1, 0.15) is 5.82 Å². The number of aliphatic carboxylic acids is 1. The highest BCUT2D eigenvalue weighted by molar-refractivity contribution is 5.93. The Morgan fingerprint density at radius 1 is 1.05 bits per heavy atom. The van der Waals surface area contributed by atoms with Gasteiger partial charge in [0.05, 0.1) is 19.2 Å². The van der Waals surface area contributed by atoms with Gasteiger partial charge >= 0.3 is 5.97 Å². The number of amides is 1. The van der Waals surface area contributed by atoms with Crippen LogP contribution in [0.4, 0.5) is 4.39 Å². The van der Waals surface area contributed by atoms with Gasteiger partial charge in [-0.1, -0.05) is 66.7 Å². The third-order valence-corrected chi connectivity index (χ3v) is 6.71. The van der Waals surface area contributed by atoms with Crippen LogP contribution in [-0.2, 0) is 17.8 Å². The van der Waals surface area contributed by atoms with Crippen LogP contribution in [0.2, 0.25) is 0 Å². The molecule has 4 N–H and O–H groups in total. The van der Waals surface area contributed by atoms with Gasteiger partial charge in [-0.05, 0) is 41.3 Å². The number of carbonyl (C=O) groups excluding carboxylic acids is 1. The average molecular weight is 586 g/mol. The lowest BCUT2D eigenvalue weighted by Gasteiger charge is -2.21. The third kappa shape index (κ3) is 6.73. The van der Waals surface area contributed by atoms with Crippen molar-refractivity contribution in [2.45, 2.75) is 32.0 Å². The first-order valence-electron chi connectivity index (χ1n) is 13.4. The minimum Gasteiger partial charge on any atom is -0.479 e. The fraction of sp³-hybridized carbons (Fsp3) is 0.200. The lowest BCUT2D eigenvalue weighted by atomic mass is 9.98. The fourth-order valence-electron chi connectivity index (χ4n) is 4.62. The molecule has 13 heteroatoms. The number of carboxylic acid groups (broad SMARTS) is 1. The molecule has 12 nitrogen and oxygen atoms in total. The number of H-pyrrole nitrogens is 1. The Morgan fingerprint density at radius 3 is 2.47 bits per heavy atom. The molecule has 2 atom stereocenters. The van der Waals surface area contributed by atoms with E-state index < -0.39 is 29.8 Å². The van der Waals surface area contributed by atoms with Crippen LogP contribution in [0, 0.1) is 5.82 Å². The van der Waals surface area contributed by atoms with Gasteiger partial charge in [0.25, 0.3) is 5.91 Å². The number of hydrogen-bond donors (Lipinski definition) is 4.